The lowest BCUT2D eigenvalue weighted by atomic mass is 10.0. The number of hydrogen-bond acceptors (Lipinski definition) is 3. The van der Waals surface area contributed by atoms with Crippen LogP contribution in [0.3, 0.4) is 0 Å². The number of hydrogen-bond donors (Lipinski definition) is 1. The highest BCUT2D eigenvalue weighted by atomic mass is 35.5. The van der Waals surface area contributed by atoms with Crippen molar-refractivity contribution in [1.29, 1.82) is 0 Å². The second kappa shape index (κ2) is 5.64. The molecule has 22 heavy (non-hydrogen) atoms. The van der Waals surface area contributed by atoms with Crippen LogP contribution in [0.5, 0.6) is 0 Å². The second-order valence-corrected chi connectivity index (χ2v) is 5.54. The Morgan fingerprint density at radius 2 is 2.27 bits per heavy atom. The Bertz CT molecular complexity index is 732. The number of carbonyl (C=O) groups excluding carboxylic acids is 1. The van der Waals surface area contributed by atoms with E-state index in [2.05, 4.69) is 15.6 Å². The summed E-state index contributed by atoms with van der Waals surface area (Å²) in [7, 11) is 1.36. The highest BCUT2D eigenvalue weighted by Gasteiger charge is 2.31. The van der Waals surface area contributed by atoms with Gasteiger partial charge < -0.3 is 5.32 Å². The van der Waals surface area contributed by atoms with Crippen LogP contribution in [0.4, 0.5) is 14.6 Å². The van der Waals surface area contributed by atoms with E-state index in [1.54, 1.807) is 12.1 Å². The van der Waals surface area contributed by atoms with Crippen LogP contribution in [0.25, 0.3) is 0 Å². The zero-order valence-electron chi connectivity index (χ0n) is 11.7. The maximum Gasteiger partial charge on any atom is 0.283 e. The van der Waals surface area contributed by atoms with Crippen LogP contribution in [0.1, 0.15) is 35.6 Å². The zero-order chi connectivity index (χ0) is 15.9. The van der Waals surface area contributed by atoms with E-state index in [1.807, 2.05) is 6.07 Å². The van der Waals surface area contributed by atoms with Gasteiger partial charge in [-0.15, -0.1) is 5.10 Å². The van der Waals surface area contributed by atoms with Crippen molar-refractivity contribution in [2.75, 3.05) is 5.32 Å². The van der Waals surface area contributed by atoms with E-state index in [1.165, 1.54) is 7.05 Å². The molecule has 1 aromatic carbocycles. The number of alkyl halides is 2. The number of benzene rings is 1. The third-order valence-electron chi connectivity index (χ3n) is 3.85. The fourth-order valence-corrected chi connectivity index (χ4v) is 3.06. The van der Waals surface area contributed by atoms with Gasteiger partial charge >= 0.3 is 0 Å². The average molecular weight is 327 g/mol. The minimum absolute atomic E-state index is 0.196. The molecule has 5 nitrogen and oxygen atoms in total. The molecule has 1 atom stereocenters. The number of nitrogens with one attached hydrogen (secondary N) is 1. The second-order valence-electron chi connectivity index (χ2n) is 5.14. The summed E-state index contributed by atoms with van der Waals surface area (Å²) in [6.07, 6.45) is -1.48. The topological polar surface area (TPSA) is 59.8 Å². The number of fused-ring (bicyclic) bond motifs is 1. The minimum atomic E-state index is -2.76. The molecular weight excluding hydrogens is 314 g/mol. The lowest BCUT2D eigenvalue weighted by molar-refractivity contribution is -0.117. The third-order valence-corrected chi connectivity index (χ3v) is 4.20. The molecule has 0 radical (unpaired) electrons. The van der Waals surface area contributed by atoms with Crippen molar-refractivity contribution in [2.24, 2.45) is 7.05 Å². The van der Waals surface area contributed by atoms with Gasteiger partial charge in [0.1, 0.15) is 5.69 Å². The molecule has 0 spiro atoms. The van der Waals surface area contributed by atoms with Crippen molar-refractivity contribution in [3.8, 4) is 0 Å². The summed E-state index contributed by atoms with van der Waals surface area (Å²) in [4.78, 5) is 12.4. The number of carbonyl (C=O) groups is 1. The number of nitrogens with zero attached hydrogens (tertiary/aromatic N) is 3. The quantitative estimate of drug-likeness (QED) is 0.943. The standard InChI is InChI=1S/C14H13ClF2N4O/c1-21-11(12(16)17)13(19-20-21)18-14(22)9-6-5-8-7(9)3-2-4-10(8)15/h2-4,9,12H,5-6H2,1H3,(H,18,22). The van der Waals surface area contributed by atoms with E-state index in [0.717, 1.165) is 15.8 Å². The first-order valence-corrected chi connectivity index (χ1v) is 7.12. The van der Waals surface area contributed by atoms with Gasteiger partial charge in [-0.3, -0.25) is 4.79 Å². The number of amides is 1. The van der Waals surface area contributed by atoms with E-state index in [4.69, 9.17) is 11.6 Å². The summed E-state index contributed by atoms with van der Waals surface area (Å²) in [5.41, 5.74) is 1.38. The van der Waals surface area contributed by atoms with Crippen molar-refractivity contribution < 1.29 is 13.6 Å². The lowest BCUT2D eigenvalue weighted by Crippen LogP contribution is -2.20. The molecule has 1 amide bonds. The lowest BCUT2D eigenvalue weighted by Gasteiger charge is -2.12. The van der Waals surface area contributed by atoms with Crippen molar-refractivity contribution in [2.45, 2.75) is 25.2 Å². The zero-order valence-corrected chi connectivity index (χ0v) is 12.4. The fraction of sp³-hybridized carbons (Fsp3) is 0.357. The van der Waals surface area contributed by atoms with E-state index < -0.39 is 18.0 Å². The molecule has 1 aliphatic rings. The van der Waals surface area contributed by atoms with Gasteiger partial charge in [0.05, 0.1) is 5.92 Å². The molecule has 0 aliphatic heterocycles. The molecular formula is C14H13ClF2N4O. The van der Waals surface area contributed by atoms with E-state index in [0.29, 0.717) is 17.9 Å². The molecule has 0 bridgehead atoms. The van der Waals surface area contributed by atoms with Gasteiger partial charge in [0.2, 0.25) is 5.91 Å². The van der Waals surface area contributed by atoms with Gasteiger partial charge in [-0.05, 0) is 30.0 Å². The predicted molar refractivity (Wildman–Crippen MR) is 77.1 cm³/mol. The molecule has 2 aromatic rings. The molecule has 0 saturated carbocycles. The first-order valence-electron chi connectivity index (χ1n) is 6.75. The smallest absolute Gasteiger partial charge is 0.283 e. The molecule has 8 heteroatoms. The summed E-state index contributed by atoms with van der Waals surface area (Å²) in [5.74, 6) is -0.984. The van der Waals surface area contributed by atoms with Crippen molar-refractivity contribution in [3.05, 3.63) is 40.0 Å². The number of aryl methyl sites for hydroxylation is 1. The maximum absolute atomic E-state index is 13.0. The number of rotatable bonds is 3. The van der Waals surface area contributed by atoms with Gasteiger partial charge in [-0.2, -0.15) is 0 Å². The van der Waals surface area contributed by atoms with E-state index >= 15 is 0 Å². The van der Waals surface area contributed by atoms with Gasteiger partial charge in [-0.1, -0.05) is 28.9 Å². The van der Waals surface area contributed by atoms with Crippen LogP contribution in [-0.4, -0.2) is 20.9 Å². The number of anilines is 1. The van der Waals surface area contributed by atoms with Gasteiger partial charge in [0.25, 0.3) is 6.43 Å². The minimum Gasteiger partial charge on any atom is -0.307 e. The normalized spacial score (nSPS) is 16.9. The van der Waals surface area contributed by atoms with Gasteiger partial charge in [-0.25, -0.2) is 13.5 Å². The predicted octanol–water partition coefficient (Wildman–Crippen LogP) is 3.07. The Balaban J connectivity index is 1.85. The molecule has 1 aliphatic carbocycles. The van der Waals surface area contributed by atoms with Gasteiger partial charge in [0.15, 0.2) is 5.82 Å². The van der Waals surface area contributed by atoms with E-state index in [-0.39, 0.29) is 11.7 Å². The summed E-state index contributed by atoms with van der Waals surface area (Å²) < 4.78 is 26.9. The molecule has 1 unspecified atom stereocenters. The van der Waals surface area contributed by atoms with Crippen LogP contribution in [0, 0.1) is 0 Å². The number of aromatic nitrogens is 3. The Hall–Kier alpha value is -2.02. The molecule has 1 aromatic heterocycles. The highest BCUT2D eigenvalue weighted by molar-refractivity contribution is 6.31. The van der Waals surface area contributed by atoms with Crippen LogP contribution in [0.2, 0.25) is 5.02 Å². The molecule has 0 fully saturated rings. The summed E-state index contributed by atoms with van der Waals surface area (Å²) in [6.45, 7) is 0. The maximum atomic E-state index is 13.0. The summed E-state index contributed by atoms with van der Waals surface area (Å²) in [6, 6.07) is 5.39. The van der Waals surface area contributed by atoms with E-state index in [9.17, 15) is 13.6 Å². The SMILES string of the molecule is Cn1nnc(NC(=O)C2CCc3c(Cl)cccc32)c1C(F)F. The first-order chi connectivity index (χ1) is 10.5. The molecule has 0 saturated heterocycles. The number of halogens is 3. The Labute approximate surface area is 130 Å². The van der Waals surface area contributed by atoms with Gasteiger partial charge in [0, 0.05) is 12.1 Å². The molecule has 1 heterocycles. The molecule has 1 N–H and O–H groups in total. The van der Waals surface area contributed by atoms with Crippen LogP contribution < -0.4 is 5.32 Å². The highest BCUT2D eigenvalue weighted by Crippen LogP contribution is 2.38. The Kier molecular flexibility index (Phi) is 3.82. The first kappa shape index (κ1) is 14.9. The fourth-order valence-electron chi connectivity index (χ4n) is 2.78. The van der Waals surface area contributed by atoms with Crippen molar-refractivity contribution >= 4 is 23.3 Å². The van der Waals surface area contributed by atoms with Crippen molar-refractivity contribution in [1.82, 2.24) is 15.0 Å². The summed E-state index contributed by atoms with van der Waals surface area (Å²) in [5, 5.41) is 10.2. The molecule has 116 valence electrons. The average Bonchev–Trinajstić information content (AvgIpc) is 3.03. The van der Waals surface area contributed by atoms with Crippen molar-refractivity contribution in [3.63, 3.8) is 0 Å². The van der Waals surface area contributed by atoms with Crippen LogP contribution in [0.15, 0.2) is 18.2 Å². The summed E-state index contributed by atoms with van der Waals surface area (Å²) >= 11 is 6.11. The van der Waals surface area contributed by atoms with Crippen LogP contribution >= 0.6 is 11.6 Å². The monoisotopic (exact) mass is 326 g/mol. The molecule has 3 rings (SSSR count). The third kappa shape index (κ3) is 2.45. The largest absolute Gasteiger partial charge is 0.307 e. The Morgan fingerprint density at radius 3 is 3.00 bits per heavy atom. The van der Waals surface area contributed by atoms with Crippen LogP contribution in [-0.2, 0) is 18.3 Å². The Morgan fingerprint density at radius 1 is 1.50 bits per heavy atom.